The van der Waals surface area contributed by atoms with E-state index in [9.17, 15) is 9.18 Å². The molecule has 2 aromatic rings. The average molecular weight is 302 g/mol. The lowest BCUT2D eigenvalue weighted by Gasteiger charge is -2.08. The van der Waals surface area contributed by atoms with Crippen molar-refractivity contribution < 1.29 is 18.7 Å². The van der Waals surface area contributed by atoms with Crippen LogP contribution in [0.25, 0.3) is 0 Å². The fourth-order valence-corrected chi connectivity index (χ4v) is 1.79. The number of nitrogens with one attached hydrogen (secondary N) is 1. The summed E-state index contributed by atoms with van der Waals surface area (Å²) in [6.07, 6.45) is 1.36. The minimum absolute atomic E-state index is 0.366. The summed E-state index contributed by atoms with van der Waals surface area (Å²) in [6, 6.07) is 10.7. The van der Waals surface area contributed by atoms with Gasteiger partial charge in [0.1, 0.15) is 5.82 Å². The Hall–Kier alpha value is -2.89. The highest BCUT2D eigenvalue weighted by molar-refractivity contribution is 5.95. The van der Waals surface area contributed by atoms with E-state index >= 15 is 0 Å². The van der Waals surface area contributed by atoms with E-state index in [0.29, 0.717) is 22.6 Å². The predicted molar refractivity (Wildman–Crippen MR) is 81.0 cm³/mol. The number of carbonyl (C=O) groups is 1. The van der Waals surface area contributed by atoms with Crippen molar-refractivity contribution in [3.63, 3.8) is 0 Å². The summed E-state index contributed by atoms with van der Waals surface area (Å²) in [5.41, 5.74) is 3.29. The summed E-state index contributed by atoms with van der Waals surface area (Å²) in [5.74, 6) is 0.204. The van der Waals surface area contributed by atoms with Crippen LogP contribution in [0.4, 0.5) is 4.39 Å². The zero-order valence-corrected chi connectivity index (χ0v) is 12.2. The minimum Gasteiger partial charge on any atom is -0.493 e. The molecule has 0 aliphatic rings. The van der Waals surface area contributed by atoms with Crippen LogP contribution in [0, 0.1) is 5.82 Å². The van der Waals surface area contributed by atoms with E-state index in [-0.39, 0.29) is 5.82 Å². The van der Waals surface area contributed by atoms with Gasteiger partial charge in [-0.2, -0.15) is 5.10 Å². The van der Waals surface area contributed by atoms with E-state index in [1.807, 2.05) is 0 Å². The van der Waals surface area contributed by atoms with Gasteiger partial charge < -0.3 is 9.47 Å². The first-order chi connectivity index (χ1) is 10.6. The summed E-state index contributed by atoms with van der Waals surface area (Å²) < 4.78 is 23.2. The van der Waals surface area contributed by atoms with Crippen molar-refractivity contribution in [1.82, 2.24) is 5.43 Å². The molecule has 0 unspecified atom stereocenters. The first kappa shape index (κ1) is 15.5. The Bertz CT molecular complexity index is 702. The van der Waals surface area contributed by atoms with Crippen molar-refractivity contribution in [2.24, 2.45) is 5.10 Å². The molecule has 0 heterocycles. The number of benzene rings is 2. The number of halogens is 1. The van der Waals surface area contributed by atoms with E-state index in [1.165, 1.54) is 32.6 Å². The lowest BCUT2D eigenvalue weighted by molar-refractivity contribution is 0.0954. The molecule has 0 bridgehead atoms. The zero-order valence-electron chi connectivity index (χ0n) is 12.2. The molecule has 1 N–H and O–H groups in total. The summed E-state index contributed by atoms with van der Waals surface area (Å²) in [6.45, 7) is 0. The number of rotatable bonds is 5. The number of carbonyl (C=O) groups excluding carboxylic acids is 1. The first-order valence-electron chi connectivity index (χ1n) is 6.45. The number of amides is 1. The molecule has 5 nitrogen and oxygen atoms in total. The molecule has 0 aromatic heterocycles. The van der Waals surface area contributed by atoms with Gasteiger partial charge in [0.15, 0.2) is 11.5 Å². The SMILES string of the molecule is COc1ccc(C(=O)NN=Cc2cccc(F)c2)cc1OC. The fraction of sp³-hybridized carbons (Fsp3) is 0.125. The molecule has 0 atom stereocenters. The molecule has 0 saturated heterocycles. The predicted octanol–water partition coefficient (Wildman–Crippen LogP) is 2.61. The molecule has 0 aliphatic carbocycles. The second kappa shape index (κ2) is 7.21. The average Bonchev–Trinajstić information content (AvgIpc) is 2.54. The van der Waals surface area contributed by atoms with Gasteiger partial charge in [0.05, 0.1) is 20.4 Å². The van der Waals surface area contributed by atoms with E-state index in [4.69, 9.17) is 9.47 Å². The largest absolute Gasteiger partial charge is 0.493 e. The Morgan fingerprint density at radius 2 is 1.91 bits per heavy atom. The normalized spacial score (nSPS) is 10.5. The van der Waals surface area contributed by atoms with Crippen LogP contribution in [0.15, 0.2) is 47.6 Å². The molecule has 0 spiro atoms. The van der Waals surface area contributed by atoms with Crippen molar-refractivity contribution in [3.05, 3.63) is 59.4 Å². The Morgan fingerprint density at radius 1 is 1.14 bits per heavy atom. The monoisotopic (exact) mass is 302 g/mol. The molecule has 114 valence electrons. The molecule has 6 heteroatoms. The summed E-state index contributed by atoms with van der Waals surface area (Å²) in [4.78, 5) is 12.0. The van der Waals surface area contributed by atoms with Crippen molar-refractivity contribution in [1.29, 1.82) is 0 Å². The third-order valence-corrected chi connectivity index (χ3v) is 2.87. The summed E-state index contributed by atoms with van der Waals surface area (Å²) in [7, 11) is 3.00. The molecule has 2 aromatic carbocycles. The third-order valence-electron chi connectivity index (χ3n) is 2.87. The first-order valence-corrected chi connectivity index (χ1v) is 6.45. The Labute approximate surface area is 127 Å². The standard InChI is InChI=1S/C16H15FN2O3/c1-21-14-7-6-12(9-15(14)22-2)16(20)19-18-10-11-4-3-5-13(17)8-11/h3-10H,1-2H3,(H,19,20). The van der Waals surface area contributed by atoms with Gasteiger partial charge in [-0.25, -0.2) is 9.82 Å². The van der Waals surface area contributed by atoms with Crippen LogP contribution < -0.4 is 14.9 Å². The highest BCUT2D eigenvalue weighted by atomic mass is 19.1. The second-order valence-electron chi connectivity index (χ2n) is 4.32. The number of hydrogen-bond donors (Lipinski definition) is 1. The maximum atomic E-state index is 13.0. The van der Waals surface area contributed by atoms with Crippen molar-refractivity contribution in [2.75, 3.05) is 14.2 Å². The van der Waals surface area contributed by atoms with Crippen LogP contribution in [-0.4, -0.2) is 26.3 Å². The summed E-state index contributed by atoms with van der Waals surface area (Å²) >= 11 is 0. The maximum Gasteiger partial charge on any atom is 0.271 e. The highest BCUT2D eigenvalue weighted by Gasteiger charge is 2.09. The molecule has 0 radical (unpaired) electrons. The van der Waals surface area contributed by atoms with Gasteiger partial charge in [-0.3, -0.25) is 4.79 Å². The molecule has 1 amide bonds. The molecule has 0 saturated carbocycles. The van der Waals surface area contributed by atoms with Gasteiger partial charge in [-0.15, -0.1) is 0 Å². The quantitative estimate of drug-likeness (QED) is 0.682. The van der Waals surface area contributed by atoms with Gasteiger partial charge in [-0.05, 0) is 35.9 Å². The van der Waals surface area contributed by atoms with Crippen LogP contribution in [0.1, 0.15) is 15.9 Å². The second-order valence-corrected chi connectivity index (χ2v) is 4.32. The van der Waals surface area contributed by atoms with Crippen molar-refractivity contribution in [2.45, 2.75) is 0 Å². The van der Waals surface area contributed by atoms with E-state index in [0.717, 1.165) is 0 Å². The number of hydrogen-bond acceptors (Lipinski definition) is 4. The van der Waals surface area contributed by atoms with Gasteiger partial charge in [-0.1, -0.05) is 12.1 Å². The van der Waals surface area contributed by atoms with Gasteiger partial charge in [0.2, 0.25) is 0 Å². The van der Waals surface area contributed by atoms with E-state index < -0.39 is 5.91 Å². The number of ether oxygens (including phenoxy) is 2. The van der Waals surface area contributed by atoms with Gasteiger partial charge in [0.25, 0.3) is 5.91 Å². The Balaban J connectivity index is 2.06. The number of nitrogens with zero attached hydrogens (tertiary/aromatic N) is 1. The van der Waals surface area contributed by atoms with Crippen LogP contribution in [0.3, 0.4) is 0 Å². The molecule has 0 aliphatic heterocycles. The fourth-order valence-electron chi connectivity index (χ4n) is 1.79. The molecular weight excluding hydrogens is 287 g/mol. The molecule has 0 fully saturated rings. The van der Waals surface area contributed by atoms with Crippen LogP contribution in [0.2, 0.25) is 0 Å². The van der Waals surface area contributed by atoms with Crippen LogP contribution in [-0.2, 0) is 0 Å². The van der Waals surface area contributed by atoms with Crippen molar-refractivity contribution in [3.8, 4) is 11.5 Å². The Morgan fingerprint density at radius 3 is 2.59 bits per heavy atom. The van der Waals surface area contributed by atoms with Crippen LogP contribution >= 0.6 is 0 Å². The van der Waals surface area contributed by atoms with Gasteiger partial charge >= 0.3 is 0 Å². The number of methoxy groups -OCH3 is 2. The smallest absolute Gasteiger partial charge is 0.271 e. The summed E-state index contributed by atoms with van der Waals surface area (Å²) in [5, 5.41) is 3.79. The Kier molecular flexibility index (Phi) is 5.08. The molecule has 22 heavy (non-hydrogen) atoms. The van der Waals surface area contributed by atoms with Crippen molar-refractivity contribution >= 4 is 12.1 Å². The zero-order chi connectivity index (χ0) is 15.9. The third kappa shape index (κ3) is 3.82. The highest BCUT2D eigenvalue weighted by Crippen LogP contribution is 2.27. The number of hydrazone groups is 1. The molecule has 2 rings (SSSR count). The lowest BCUT2D eigenvalue weighted by atomic mass is 10.2. The minimum atomic E-state index is -0.409. The van der Waals surface area contributed by atoms with E-state index in [2.05, 4.69) is 10.5 Å². The topological polar surface area (TPSA) is 59.9 Å². The lowest BCUT2D eigenvalue weighted by Crippen LogP contribution is -2.17. The van der Waals surface area contributed by atoms with Gasteiger partial charge in [0, 0.05) is 5.56 Å². The maximum absolute atomic E-state index is 13.0. The molecular formula is C16H15FN2O3. The van der Waals surface area contributed by atoms with Crippen LogP contribution in [0.5, 0.6) is 11.5 Å². The van der Waals surface area contributed by atoms with E-state index in [1.54, 1.807) is 30.3 Å².